The van der Waals surface area contributed by atoms with Gasteiger partial charge in [-0.3, -0.25) is 9.59 Å². The number of Topliss-reactive ketones (excluding diaryl/α,β-unsaturated/α-hetero) is 1. The summed E-state index contributed by atoms with van der Waals surface area (Å²) in [6.07, 6.45) is -1.20. The number of benzene rings is 2. The molecule has 1 heterocycles. The van der Waals surface area contributed by atoms with Gasteiger partial charge in [-0.15, -0.1) is 0 Å². The van der Waals surface area contributed by atoms with Crippen LogP contribution in [0.25, 0.3) is 0 Å². The highest BCUT2D eigenvalue weighted by Crippen LogP contribution is 2.39. The number of anilines is 1. The number of para-hydroxylation sites is 1. The summed E-state index contributed by atoms with van der Waals surface area (Å²) in [6.45, 7) is 0. The molecule has 25 heavy (non-hydrogen) atoms. The summed E-state index contributed by atoms with van der Waals surface area (Å²) in [4.78, 5) is 24.1. The molecule has 0 aromatic heterocycles. The first-order valence-corrected chi connectivity index (χ1v) is 6.86. The summed E-state index contributed by atoms with van der Waals surface area (Å²) >= 11 is 0. The van der Waals surface area contributed by atoms with Gasteiger partial charge in [0.15, 0.2) is 34.7 Å². The van der Waals surface area contributed by atoms with E-state index < -0.39 is 58.4 Å². The second kappa shape index (κ2) is 5.62. The Balaban J connectivity index is 2.06. The monoisotopic (exact) mass is 357 g/mol. The molecule has 1 aliphatic heterocycles. The first-order chi connectivity index (χ1) is 11.7. The maximum atomic E-state index is 13.7. The van der Waals surface area contributed by atoms with Crippen molar-refractivity contribution in [2.24, 2.45) is 0 Å². The molecule has 0 fully saturated rings. The number of ketones is 1. The molecule has 3 rings (SSSR count). The summed E-state index contributed by atoms with van der Waals surface area (Å²) in [5.41, 5.74) is -4.08. The Morgan fingerprint density at radius 1 is 0.960 bits per heavy atom. The average molecular weight is 357 g/mol. The number of amides is 1. The highest BCUT2D eigenvalue weighted by molar-refractivity contribution is 6.09. The van der Waals surface area contributed by atoms with Crippen LogP contribution in [0.5, 0.6) is 0 Å². The predicted octanol–water partition coefficient (Wildman–Crippen LogP) is 2.79. The summed E-state index contributed by atoms with van der Waals surface area (Å²) in [5.74, 6) is -14.3. The Morgan fingerprint density at radius 3 is 2.08 bits per heavy atom. The summed E-state index contributed by atoms with van der Waals surface area (Å²) in [6, 6.07) is 5.66. The van der Waals surface area contributed by atoms with Crippen molar-refractivity contribution < 1.29 is 36.6 Å². The second-order valence-corrected chi connectivity index (χ2v) is 5.40. The Kier molecular flexibility index (Phi) is 3.83. The van der Waals surface area contributed by atoms with Crippen molar-refractivity contribution in [3.8, 4) is 0 Å². The van der Waals surface area contributed by atoms with Gasteiger partial charge < -0.3 is 10.4 Å². The molecular weight excluding hydrogens is 349 g/mol. The zero-order valence-corrected chi connectivity index (χ0v) is 12.2. The Morgan fingerprint density at radius 2 is 1.48 bits per heavy atom. The van der Waals surface area contributed by atoms with Crippen LogP contribution in [0.4, 0.5) is 27.6 Å². The van der Waals surface area contributed by atoms with Crippen LogP contribution < -0.4 is 5.32 Å². The van der Waals surface area contributed by atoms with E-state index in [1.54, 1.807) is 0 Å². The summed E-state index contributed by atoms with van der Waals surface area (Å²) in [5, 5.41) is 12.7. The normalized spacial score (nSPS) is 18.9. The third-order valence-electron chi connectivity index (χ3n) is 3.90. The van der Waals surface area contributed by atoms with Gasteiger partial charge in [-0.25, -0.2) is 22.0 Å². The molecule has 2 aromatic carbocycles. The lowest BCUT2D eigenvalue weighted by Gasteiger charge is -2.20. The van der Waals surface area contributed by atoms with Crippen molar-refractivity contribution in [2.75, 3.05) is 5.32 Å². The largest absolute Gasteiger partial charge is 0.375 e. The van der Waals surface area contributed by atoms with Crippen LogP contribution in [0.15, 0.2) is 24.3 Å². The number of aliphatic hydroxyl groups is 1. The van der Waals surface area contributed by atoms with Gasteiger partial charge in [-0.1, -0.05) is 18.2 Å². The molecule has 0 saturated carbocycles. The number of nitrogens with one attached hydrogen (secondary N) is 1. The quantitative estimate of drug-likeness (QED) is 0.384. The van der Waals surface area contributed by atoms with E-state index in [-0.39, 0.29) is 11.3 Å². The molecule has 4 nitrogen and oxygen atoms in total. The zero-order valence-electron chi connectivity index (χ0n) is 12.2. The highest BCUT2D eigenvalue weighted by atomic mass is 19.2. The van der Waals surface area contributed by atoms with Crippen LogP contribution in [-0.2, 0) is 10.4 Å². The number of hydrogen-bond acceptors (Lipinski definition) is 3. The van der Waals surface area contributed by atoms with Gasteiger partial charge in [0.05, 0.1) is 12.0 Å². The van der Waals surface area contributed by atoms with Crippen molar-refractivity contribution in [2.45, 2.75) is 12.0 Å². The lowest BCUT2D eigenvalue weighted by molar-refractivity contribution is -0.133. The third kappa shape index (κ3) is 2.39. The fourth-order valence-corrected chi connectivity index (χ4v) is 2.65. The van der Waals surface area contributed by atoms with Crippen LogP contribution >= 0.6 is 0 Å². The van der Waals surface area contributed by atoms with E-state index in [0.29, 0.717) is 0 Å². The predicted molar refractivity (Wildman–Crippen MR) is 74.1 cm³/mol. The first-order valence-electron chi connectivity index (χ1n) is 6.86. The molecule has 1 aliphatic rings. The van der Waals surface area contributed by atoms with Gasteiger partial charge >= 0.3 is 0 Å². The minimum atomic E-state index is -2.49. The van der Waals surface area contributed by atoms with Gasteiger partial charge in [0.1, 0.15) is 0 Å². The number of halogens is 5. The summed E-state index contributed by atoms with van der Waals surface area (Å²) in [7, 11) is 0. The molecule has 0 aliphatic carbocycles. The van der Waals surface area contributed by atoms with Crippen molar-refractivity contribution >= 4 is 17.4 Å². The number of carbonyl (C=O) groups is 2. The summed E-state index contributed by atoms with van der Waals surface area (Å²) < 4.78 is 67.0. The topological polar surface area (TPSA) is 66.4 Å². The maximum absolute atomic E-state index is 13.7. The first kappa shape index (κ1) is 17.0. The smallest absolute Gasteiger partial charge is 0.261 e. The number of carbonyl (C=O) groups excluding carboxylic acids is 2. The number of fused-ring (bicyclic) bond motifs is 1. The van der Waals surface area contributed by atoms with E-state index in [2.05, 4.69) is 5.32 Å². The second-order valence-electron chi connectivity index (χ2n) is 5.40. The number of rotatable bonds is 3. The Bertz CT molecular complexity index is 901. The molecule has 0 bridgehead atoms. The minimum Gasteiger partial charge on any atom is -0.375 e. The van der Waals surface area contributed by atoms with Crippen LogP contribution in [0.2, 0.25) is 0 Å². The van der Waals surface area contributed by atoms with E-state index in [0.717, 1.165) is 0 Å². The maximum Gasteiger partial charge on any atom is 0.261 e. The van der Waals surface area contributed by atoms with E-state index in [9.17, 15) is 36.6 Å². The fourth-order valence-electron chi connectivity index (χ4n) is 2.65. The van der Waals surface area contributed by atoms with E-state index in [1.165, 1.54) is 24.3 Å². The van der Waals surface area contributed by atoms with Gasteiger partial charge in [0, 0.05) is 11.3 Å². The standard InChI is InChI=1S/C16H8F5NO3/c17-10-9(11(18)13(20)14(21)12(10)19)8(23)5-16(25)6-3-1-2-4-7(6)22-15(16)24/h1-4,25H,5H2,(H,22,24)/t16-/m0/s1. The van der Waals surface area contributed by atoms with Gasteiger partial charge in [-0.05, 0) is 6.07 Å². The SMILES string of the molecule is O=C(C[C@@]1(O)C(=O)Nc2ccccc21)c1c(F)c(F)c(F)c(F)c1F. The molecular formula is C16H8F5NO3. The van der Waals surface area contributed by atoms with Gasteiger partial charge in [0.2, 0.25) is 5.82 Å². The number of hydrogen-bond donors (Lipinski definition) is 2. The average Bonchev–Trinajstić information content (AvgIpc) is 2.82. The minimum absolute atomic E-state index is 0.0442. The lowest BCUT2D eigenvalue weighted by atomic mass is 9.88. The molecule has 9 heteroatoms. The van der Waals surface area contributed by atoms with Crippen molar-refractivity contribution in [3.05, 3.63) is 64.5 Å². The van der Waals surface area contributed by atoms with Crippen LogP contribution in [0.1, 0.15) is 22.3 Å². The fraction of sp³-hybridized carbons (Fsp3) is 0.125. The molecule has 0 saturated heterocycles. The van der Waals surface area contributed by atoms with Crippen LogP contribution in [-0.4, -0.2) is 16.8 Å². The van der Waals surface area contributed by atoms with Crippen LogP contribution in [0.3, 0.4) is 0 Å². The Hall–Kier alpha value is -2.81. The molecule has 1 atom stereocenters. The Labute approximate surface area is 136 Å². The van der Waals surface area contributed by atoms with Crippen molar-refractivity contribution in [1.29, 1.82) is 0 Å². The third-order valence-corrected chi connectivity index (χ3v) is 3.90. The van der Waals surface area contributed by atoms with Gasteiger partial charge in [0.25, 0.3) is 5.91 Å². The molecule has 1 amide bonds. The molecule has 0 radical (unpaired) electrons. The van der Waals surface area contributed by atoms with E-state index >= 15 is 0 Å². The lowest BCUT2D eigenvalue weighted by Crippen LogP contribution is -2.37. The molecule has 130 valence electrons. The molecule has 2 N–H and O–H groups in total. The van der Waals surface area contributed by atoms with Crippen molar-refractivity contribution in [1.82, 2.24) is 0 Å². The zero-order chi connectivity index (χ0) is 18.5. The molecule has 0 spiro atoms. The van der Waals surface area contributed by atoms with E-state index in [1.807, 2.05) is 0 Å². The van der Waals surface area contributed by atoms with Crippen LogP contribution in [0, 0.1) is 29.1 Å². The molecule has 0 unspecified atom stereocenters. The highest BCUT2D eigenvalue weighted by Gasteiger charge is 2.47. The van der Waals surface area contributed by atoms with Gasteiger partial charge in [-0.2, -0.15) is 0 Å². The van der Waals surface area contributed by atoms with E-state index in [4.69, 9.17) is 0 Å². The molecule has 2 aromatic rings. The van der Waals surface area contributed by atoms with Crippen molar-refractivity contribution in [3.63, 3.8) is 0 Å².